The zero-order chi connectivity index (χ0) is 12.6. The van der Waals surface area contributed by atoms with Crippen molar-refractivity contribution in [2.45, 2.75) is 33.6 Å². The lowest BCUT2D eigenvalue weighted by Gasteiger charge is -2.10. The predicted octanol–water partition coefficient (Wildman–Crippen LogP) is 3.09. The molecule has 0 spiro atoms. The molecule has 1 aliphatic rings. The Morgan fingerprint density at radius 1 is 1.35 bits per heavy atom. The molecule has 0 amide bonds. The molecule has 0 aliphatic heterocycles. The van der Waals surface area contributed by atoms with Crippen LogP contribution < -0.4 is 10.5 Å². The summed E-state index contributed by atoms with van der Waals surface area (Å²) in [5.74, 6) is 2.21. The summed E-state index contributed by atoms with van der Waals surface area (Å²) in [5, 5.41) is 0. The Bertz CT molecular complexity index is 411. The Balaban J connectivity index is 2.24. The first-order valence-corrected chi connectivity index (χ1v) is 6.45. The second kappa shape index (κ2) is 4.34. The highest BCUT2D eigenvalue weighted by molar-refractivity contribution is 5.42. The first kappa shape index (κ1) is 12.4. The number of aryl methyl sites for hydroxylation is 1. The standard InChI is InChI=1S/C15H23NO/c1-5-17-11-6-7-12(10(2)8-11)14-13(9-16)15(14,3)4/h6-8,13-14H,5,9,16H2,1-4H3. The number of ether oxygens (including phenoxy) is 1. The van der Waals surface area contributed by atoms with Gasteiger partial charge in [0.15, 0.2) is 0 Å². The molecule has 2 heteroatoms. The number of hydrogen-bond donors (Lipinski definition) is 1. The first-order chi connectivity index (χ1) is 8.02. The minimum atomic E-state index is 0.354. The fourth-order valence-electron chi connectivity index (χ4n) is 3.06. The molecule has 0 heterocycles. The maximum Gasteiger partial charge on any atom is 0.119 e. The third kappa shape index (κ3) is 2.06. The van der Waals surface area contributed by atoms with Gasteiger partial charge < -0.3 is 10.5 Å². The quantitative estimate of drug-likeness (QED) is 0.867. The SMILES string of the molecule is CCOc1ccc(C2C(CN)C2(C)C)c(C)c1. The third-order valence-electron chi connectivity index (χ3n) is 4.19. The summed E-state index contributed by atoms with van der Waals surface area (Å²) in [6.45, 7) is 10.3. The van der Waals surface area contributed by atoms with Crippen molar-refractivity contribution in [2.24, 2.45) is 17.1 Å². The molecule has 2 atom stereocenters. The van der Waals surface area contributed by atoms with E-state index in [-0.39, 0.29) is 0 Å². The molecule has 1 aromatic rings. The maximum absolute atomic E-state index is 5.84. The van der Waals surface area contributed by atoms with Crippen LogP contribution in [0.5, 0.6) is 5.75 Å². The van der Waals surface area contributed by atoms with E-state index in [0.717, 1.165) is 18.9 Å². The van der Waals surface area contributed by atoms with Gasteiger partial charge in [0.2, 0.25) is 0 Å². The van der Waals surface area contributed by atoms with E-state index in [9.17, 15) is 0 Å². The van der Waals surface area contributed by atoms with Crippen LogP contribution in [0.4, 0.5) is 0 Å². The number of hydrogen-bond acceptors (Lipinski definition) is 2. The average molecular weight is 233 g/mol. The van der Waals surface area contributed by atoms with E-state index in [1.165, 1.54) is 11.1 Å². The van der Waals surface area contributed by atoms with Gasteiger partial charge in [-0.3, -0.25) is 0 Å². The molecule has 0 saturated heterocycles. The van der Waals surface area contributed by atoms with Gasteiger partial charge in [-0.05, 0) is 60.9 Å². The van der Waals surface area contributed by atoms with Gasteiger partial charge in [0, 0.05) is 0 Å². The summed E-state index contributed by atoms with van der Waals surface area (Å²) < 4.78 is 5.52. The lowest BCUT2D eigenvalue weighted by molar-refractivity contribution is 0.340. The van der Waals surface area contributed by atoms with Crippen molar-refractivity contribution in [1.82, 2.24) is 0 Å². The van der Waals surface area contributed by atoms with E-state index in [0.29, 0.717) is 17.3 Å². The smallest absolute Gasteiger partial charge is 0.119 e. The largest absolute Gasteiger partial charge is 0.494 e. The highest BCUT2D eigenvalue weighted by Crippen LogP contribution is 2.64. The van der Waals surface area contributed by atoms with Gasteiger partial charge in [-0.1, -0.05) is 19.9 Å². The van der Waals surface area contributed by atoms with Gasteiger partial charge in [-0.15, -0.1) is 0 Å². The molecule has 2 rings (SSSR count). The van der Waals surface area contributed by atoms with Crippen LogP contribution in [-0.4, -0.2) is 13.2 Å². The van der Waals surface area contributed by atoms with Crippen LogP contribution >= 0.6 is 0 Å². The molecule has 2 nitrogen and oxygen atoms in total. The molecule has 0 aromatic heterocycles. The molecule has 1 aliphatic carbocycles. The van der Waals surface area contributed by atoms with Gasteiger partial charge in [-0.25, -0.2) is 0 Å². The molecular formula is C15H23NO. The van der Waals surface area contributed by atoms with E-state index in [1.54, 1.807) is 0 Å². The van der Waals surface area contributed by atoms with E-state index < -0.39 is 0 Å². The highest BCUT2D eigenvalue weighted by atomic mass is 16.5. The summed E-state index contributed by atoms with van der Waals surface area (Å²) >= 11 is 0. The van der Waals surface area contributed by atoms with Gasteiger partial charge in [0.05, 0.1) is 6.61 Å². The Morgan fingerprint density at radius 3 is 2.53 bits per heavy atom. The number of nitrogens with two attached hydrogens (primary N) is 1. The number of rotatable bonds is 4. The normalized spacial score (nSPS) is 25.7. The molecule has 0 bridgehead atoms. The first-order valence-electron chi connectivity index (χ1n) is 6.45. The van der Waals surface area contributed by atoms with Gasteiger partial charge in [-0.2, -0.15) is 0 Å². The fraction of sp³-hybridized carbons (Fsp3) is 0.600. The van der Waals surface area contributed by atoms with Gasteiger partial charge >= 0.3 is 0 Å². The zero-order valence-corrected chi connectivity index (χ0v) is 11.3. The van der Waals surface area contributed by atoms with Crippen molar-refractivity contribution in [1.29, 1.82) is 0 Å². The van der Waals surface area contributed by atoms with Crippen molar-refractivity contribution >= 4 is 0 Å². The predicted molar refractivity (Wildman–Crippen MR) is 71.4 cm³/mol. The van der Waals surface area contributed by atoms with Gasteiger partial charge in [0.1, 0.15) is 5.75 Å². The topological polar surface area (TPSA) is 35.2 Å². The van der Waals surface area contributed by atoms with Crippen molar-refractivity contribution in [3.05, 3.63) is 29.3 Å². The number of benzene rings is 1. The van der Waals surface area contributed by atoms with Crippen molar-refractivity contribution in [3.63, 3.8) is 0 Å². The van der Waals surface area contributed by atoms with E-state index in [4.69, 9.17) is 10.5 Å². The minimum absolute atomic E-state index is 0.354. The van der Waals surface area contributed by atoms with Crippen LogP contribution in [0, 0.1) is 18.3 Å². The molecule has 1 saturated carbocycles. The Morgan fingerprint density at radius 2 is 2.06 bits per heavy atom. The molecule has 17 heavy (non-hydrogen) atoms. The Kier molecular flexibility index (Phi) is 3.17. The summed E-state index contributed by atoms with van der Waals surface area (Å²) in [6.07, 6.45) is 0. The van der Waals surface area contributed by atoms with Crippen molar-refractivity contribution < 1.29 is 4.74 Å². The molecular weight excluding hydrogens is 210 g/mol. The molecule has 1 fully saturated rings. The second-order valence-electron chi connectivity index (χ2n) is 5.59. The summed E-state index contributed by atoms with van der Waals surface area (Å²) in [7, 11) is 0. The second-order valence-corrected chi connectivity index (χ2v) is 5.59. The van der Waals surface area contributed by atoms with E-state index >= 15 is 0 Å². The summed E-state index contributed by atoms with van der Waals surface area (Å²) in [6, 6.07) is 6.43. The lowest BCUT2D eigenvalue weighted by Crippen LogP contribution is -2.05. The molecule has 2 unspecified atom stereocenters. The Labute approximate surface area is 104 Å². The highest BCUT2D eigenvalue weighted by Gasteiger charge is 2.57. The van der Waals surface area contributed by atoms with Crippen LogP contribution in [0.25, 0.3) is 0 Å². The summed E-state index contributed by atoms with van der Waals surface area (Å²) in [5.41, 5.74) is 8.96. The molecule has 0 radical (unpaired) electrons. The van der Waals surface area contributed by atoms with Crippen molar-refractivity contribution in [3.8, 4) is 5.75 Å². The Hall–Kier alpha value is -1.02. The van der Waals surface area contributed by atoms with Crippen molar-refractivity contribution in [2.75, 3.05) is 13.2 Å². The third-order valence-corrected chi connectivity index (χ3v) is 4.19. The van der Waals surface area contributed by atoms with Gasteiger partial charge in [0.25, 0.3) is 0 Å². The van der Waals surface area contributed by atoms with Crippen LogP contribution in [0.1, 0.15) is 37.8 Å². The lowest BCUT2D eigenvalue weighted by atomic mass is 9.99. The molecule has 1 aromatic carbocycles. The van der Waals surface area contributed by atoms with Crippen LogP contribution in [0.3, 0.4) is 0 Å². The van der Waals surface area contributed by atoms with Crippen LogP contribution in [0.15, 0.2) is 18.2 Å². The zero-order valence-electron chi connectivity index (χ0n) is 11.3. The van der Waals surface area contributed by atoms with E-state index in [1.807, 2.05) is 6.92 Å². The summed E-state index contributed by atoms with van der Waals surface area (Å²) in [4.78, 5) is 0. The molecule has 94 valence electrons. The van der Waals surface area contributed by atoms with Crippen LogP contribution in [-0.2, 0) is 0 Å². The maximum atomic E-state index is 5.84. The van der Waals surface area contributed by atoms with E-state index in [2.05, 4.69) is 39.0 Å². The average Bonchev–Trinajstić information content (AvgIpc) is 2.81. The fourth-order valence-corrected chi connectivity index (χ4v) is 3.06. The van der Waals surface area contributed by atoms with Crippen LogP contribution in [0.2, 0.25) is 0 Å². The monoisotopic (exact) mass is 233 g/mol. The minimum Gasteiger partial charge on any atom is -0.494 e. The molecule has 2 N–H and O–H groups in total.